The molecule has 0 aliphatic heterocycles. The van der Waals surface area contributed by atoms with E-state index in [9.17, 15) is 14.7 Å². The zero-order valence-electron chi connectivity index (χ0n) is 16.1. The fourth-order valence-electron chi connectivity index (χ4n) is 3.08. The van der Waals surface area contributed by atoms with E-state index in [0.29, 0.717) is 0 Å². The number of thiol groups is 1. The van der Waals surface area contributed by atoms with Crippen molar-refractivity contribution >= 4 is 35.4 Å². The lowest BCUT2D eigenvalue weighted by Crippen LogP contribution is -2.47. The maximum absolute atomic E-state index is 12.6. The normalized spacial score (nSPS) is 13.2. The van der Waals surface area contributed by atoms with Crippen LogP contribution in [0.3, 0.4) is 0 Å². The molecule has 0 bridgehead atoms. The molecule has 1 amide bonds. The summed E-state index contributed by atoms with van der Waals surface area (Å²) < 4.78 is 5.68. The van der Waals surface area contributed by atoms with Gasteiger partial charge in [-0.25, -0.2) is 4.79 Å². The highest BCUT2D eigenvalue weighted by Crippen LogP contribution is 2.19. The number of carbonyl (C=O) groups is 2. The van der Waals surface area contributed by atoms with Crippen molar-refractivity contribution in [3.8, 4) is 0 Å². The number of benzene rings is 2. The van der Waals surface area contributed by atoms with Gasteiger partial charge in [0.25, 0.3) is 5.91 Å². The minimum absolute atomic E-state index is 0.150. The molecule has 3 rings (SSSR count). The summed E-state index contributed by atoms with van der Waals surface area (Å²) in [6.07, 6.45) is 1.10. The molecule has 1 heterocycles. The average molecular weight is 413 g/mol. The number of hydrogen-bond donors (Lipinski definition) is 4. The monoisotopic (exact) mass is 412 g/mol. The van der Waals surface area contributed by atoms with Gasteiger partial charge in [-0.2, -0.15) is 12.6 Å². The van der Waals surface area contributed by atoms with Crippen molar-refractivity contribution in [2.24, 2.45) is 0 Å². The molecule has 0 radical (unpaired) electrons. The van der Waals surface area contributed by atoms with E-state index >= 15 is 0 Å². The second kappa shape index (κ2) is 9.62. The van der Waals surface area contributed by atoms with Crippen LogP contribution in [0.25, 0.3) is 10.9 Å². The quantitative estimate of drug-likeness (QED) is 0.407. The molecule has 1 aromatic heterocycles. The van der Waals surface area contributed by atoms with E-state index in [1.807, 2.05) is 55.5 Å². The minimum atomic E-state index is -1.10. The van der Waals surface area contributed by atoms with Crippen LogP contribution in [0.2, 0.25) is 0 Å². The number of carboxylic acid groups (broad SMARTS) is 1. The zero-order valence-corrected chi connectivity index (χ0v) is 17.0. The van der Waals surface area contributed by atoms with Gasteiger partial charge in [0.1, 0.15) is 12.1 Å². The second-order valence-corrected chi connectivity index (χ2v) is 7.30. The van der Waals surface area contributed by atoms with Crippen LogP contribution in [0.1, 0.15) is 16.7 Å². The first-order valence-electron chi connectivity index (χ1n) is 9.34. The molecule has 0 saturated carbocycles. The fourth-order valence-corrected chi connectivity index (χ4v) is 3.35. The summed E-state index contributed by atoms with van der Waals surface area (Å²) >= 11 is 4.19. The Morgan fingerprint density at radius 3 is 2.59 bits per heavy atom. The van der Waals surface area contributed by atoms with Crippen LogP contribution in [0.4, 0.5) is 0 Å². The smallest absolute Gasteiger partial charge is 0.326 e. The molecule has 0 unspecified atom stereocenters. The van der Waals surface area contributed by atoms with Crippen LogP contribution in [0.5, 0.6) is 0 Å². The fraction of sp³-hybridized carbons (Fsp3) is 0.273. The first kappa shape index (κ1) is 21.0. The summed E-state index contributed by atoms with van der Waals surface area (Å²) in [6.45, 7) is 2.24. The number of H-pyrrole nitrogens is 1. The third-order valence-electron chi connectivity index (χ3n) is 4.74. The number of ether oxygens (including phenoxy) is 1. The van der Waals surface area contributed by atoms with Gasteiger partial charge in [-0.05, 0) is 24.1 Å². The average Bonchev–Trinajstić information content (AvgIpc) is 3.12. The number of carbonyl (C=O) groups excluding carboxylic acids is 1. The largest absolute Gasteiger partial charge is 0.480 e. The summed E-state index contributed by atoms with van der Waals surface area (Å²) in [5.74, 6) is -1.43. The number of hydrogen-bond acceptors (Lipinski definition) is 4. The van der Waals surface area contributed by atoms with Gasteiger partial charge >= 0.3 is 5.97 Å². The van der Waals surface area contributed by atoms with Gasteiger partial charge in [0.05, 0.1) is 6.61 Å². The highest BCUT2D eigenvalue weighted by molar-refractivity contribution is 7.80. The molecule has 29 heavy (non-hydrogen) atoms. The zero-order chi connectivity index (χ0) is 20.8. The number of aromatic nitrogens is 1. The summed E-state index contributed by atoms with van der Waals surface area (Å²) in [4.78, 5) is 27.5. The van der Waals surface area contributed by atoms with Crippen LogP contribution < -0.4 is 5.32 Å². The van der Waals surface area contributed by atoms with E-state index in [1.165, 1.54) is 0 Å². The molecule has 3 aromatic rings. The van der Waals surface area contributed by atoms with Crippen molar-refractivity contribution in [2.75, 3.05) is 5.75 Å². The van der Waals surface area contributed by atoms with Crippen molar-refractivity contribution in [3.63, 3.8) is 0 Å². The Bertz CT molecular complexity index is 984. The van der Waals surface area contributed by atoms with E-state index in [2.05, 4.69) is 22.9 Å². The van der Waals surface area contributed by atoms with E-state index in [0.717, 1.165) is 27.6 Å². The van der Waals surface area contributed by atoms with Crippen molar-refractivity contribution in [1.82, 2.24) is 10.3 Å². The Morgan fingerprint density at radius 2 is 1.90 bits per heavy atom. The molecule has 0 aliphatic rings. The molecule has 0 fully saturated rings. The first-order chi connectivity index (χ1) is 14.0. The maximum Gasteiger partial charge on any atom is 0.326 e. The molecule has 0 spiro atoms. The van der Waals surface area contributed by atoms with Crippen molar-refractivity contribution in [2.45, 2.75) is 32.1 Å². The van der Waals surface area contributed by atoms with Crippen molar-refractivity contribution < 1.29 is 19.4 Å². The standard InChI is InChI=1S/C22H24N2O4S/c1-14-6-8-15(9-7-14)12-28-20(13-29)21(25)24-19(22(26)27)10-16-11-23-18-5-3-2-4-17(16)18/h2-9,11,19-20,23,29H,10,12-13H2,1H3,(H,24,25)(H,26,27)/t19-,20-/m0/s1. The summed E-state index contributed by atoms with van der Waals surface area (Å²) in [7, 11) is 0. The number of fused-ring (bicyclic) bond motifs is 1. The molecule has 7 heteroatoms. The van der Waals surface area contributed by atoms with Crippen LogP contribution in [0, 0.1) is 6.92 Å². The number of aromatic amines is 1. The van der Waals surface area contributed by atoms with E-state index in [1.54, 1.807) is 6.20 Å². The van der Waals surface area contributed by atoms with Crippen LogP contribution in [-0.4, -0.2) is 39.9 Å². The van der Waals surface area contributed by atoms with Gasteiger partial charge in [0.2, 0.25) is 0 Å². The lowest BCUT2D eigenvalue weighted by atomic mass is 10.0. The van der Waals surface area contributed by atoms with Gasteiger partial charge in [0, 0.05) is 29.3 Å². The topological polar surface area (TPSA) is 91.4 Å². The number of amides is 1. The number of nitrogens with one attached hydrogen (secondary N) is 2. The molecule has 3 N–H and O–H groups in total. The molecule has 2 atom stereocenters. The predicted molar refractivity (Wildman–Crippen MR) is 115 cm³/mol. The Hall–Kier alpha value is -2.77. The molecule has 0 aliphatic carbocycles. The van der Waals surface area contributed by atoms with E-state index in [-0.39, 0.29) is 18.8 Å². The molecular weight excluding hydrogens is 388 g/mol. The lowest BCUT2D eigenvalue weighted by molar-refractivity contribution is -0.144. The van der Waals surface area contributed by atoms with Gasteiger partial charge in [-0.15, -0.1) is 0 Å². The van der Waals surface area contributed by atoms with Gasteiger partial charge in [0.15, 0.2) is 0 Å². The van der Waals surface area contributed by atoms with Crippen molar-refractivity contribution in [3.05, 3.63) is 71.4 Å². The molecular formula is C22H24N2O4S. The maximum atomic E-state index is 12.6. The van der Waals surface area contributed by atoms with Crippen LogP contribution in [0.15, 0.2) is 54.7 Å². The third-order valence-corrected chi connectivity index (χ3v) is 5.08. The predicted octanol–water partition coefficient (Wildman–Crippen LogP) is 3.10. The minimum Gasteiger partial charge on any atom is -0.480 e. The summed E-state index contributed by atoms with van der Waals surface area (Å²) in [6, 6.07) is 14.4. The summed E-state index contributed by atoms with van der Waals surface area (Å²) in [5.41, 5.74) is 3.83. The lowest BCUT2D eigenvalue weighted by Gasteiger charge is -2.19. The number of carboxylic acids is 1. The van der Waals surface area contributed by atoms with Crippen molar-refractivity contribution in [1.29, 1.82) is 0 Å². The number of aryl methyl sites for hydroxylation is 1. The van der Waals surface area contributed by atoms with Gasteiger partial charge in [-0.3, -0.25) is 4.79 Å². The summed E-state index contributed by atoms with van der Waals surface area (Å²) in [5, 5.41) is 13.1. The molecule has 6 nitrogen and oxygen atoms in total. The molecule has 2 aromatic carbocycles. The highest BCUT2D eigenvalue weighted by atomic mass is 32.1. The van der Waals surface area contributed by atoms with Crippen LogP contribution in [-0.2, 0) is 27.4 Å². The van der Waals surface area contributed by atoms with Crippen LogP contribution >= 0.6 is 12.6 Å². The SMILES string of the molecule is Cc1ccc(CO[C@@H](CS)C(=O)N[C@@H](Cc2c[nH]c3ccccc23)C(=O)O)cc1. The van der Waals surface area contributed by atoms with Gasteiger partial charge in [-0.1, -0.05) is 48.0 Å². The molecule has 0 saturated heterocycles. The number of aliphatic carboxylic acids is 1. The Labute approximate surface area is 174 Å². The third kappa shape index (κ3) is 5.40. The Balaban J connectivity index is 1.64. The highest BCUT2D eigenvalue weighted by Gasteiger charge is 2.26. The number of rotatable bonds is 9. The van der Waals surface area contributed by atoms with Gasteiger partial charge < -0.3 is 20.1 Å². The Kier molecular flexibility index (Phi) is 6.95. The molecule has 152 valence electrons. The second-order valence-electron chi connectivity index (χ2n) is 6.93. The number of para-hydroxylation sites is 1. The van der Waals surface area contributed by atoms with E-state index in [4.69, 9.17) is 4.74 Å². The Morgan fingerprint density at radius 1 is 1.17 bits per heavy atom. The van der Waals surface area contributed by atoms with E-state index < -0.39 is 24.0 Å². The first-order valence-corrected chi connectivity index (χ1v) is 9.97.